The molecule has 1 aliphatic rings. The Hall–Kier alpha value is -1.16. The fourth-order valence-electron chi connectivity index (χ4n) is 3.12. The summed E-state index contributed by atoms with van der Waals surface area (Å²) in [7, 11) is 3.63. The smallest absolute Gasteiger partial charge is 0.233 e. The third-order valence-electron chi connectivity index (χ3n) is 4.61. The third kappa shape index (κ3) is 3.24. The molecule has 0 amide bonds. The Bertz CT molecular complexity index is 393. The summed E-state index contributed by atoms with van der Waals surface area (Å²) in [5.74, 6) is 2.86. The van der Waals surface area contributed by atoms with Gasteiger partial charge in [-0.1, -0.05) is 20.3 Å². The first-order valence-electron chi connectivity index (χ1n) is 7.20. The largest absolute Gasteiger partial charge is 0.480 e. The molecule has 4 nitrogen and oxygen atoms in total. The molecule has 106 valence electrons. The van der Waals surface area contributed by atoms with Crippen molar-refractivity contribution in [3.63, 3.8) is 0 Å². The van der Waals surface area contributed by atoms with E-state index in [1.165, 1.54) is 19.3 Å². The van der Waals surface area contributed by atoms with E-state index in [9.17, 15) is 0 Å². The number of ether oxygens (including phenoxy) is 1. The second-order valence-corrected chi connectivity index (χ2v) is 5.79. The van der Waals surface area contributed by atoms with Crippen LogP contribution in [0.15, 0.2) is 12.1 Å². The minimum atomic E-state index is 0.299. The minimum Gasteiger partial charge on any atom is -0.480 e. The summed E-state index contributed by atoms with van der Waals surface area (Å²) in [5.41, 5.74) is 1.02. The standard InChI is InChI=1S/C15H25N3O/c1-10-5-6-12(9-11(10)2)15(16-3)13-7-8-14(19-4)18-17-13/h7-8,10-12,15-16H,5-6,9H2,1-4H3. The van der Waals surface area contributed by atoms with Crippen molar-refractivity contribution in [3.05, 3.63) is 17.8 Å². The van der Waals surface area contributed by atoms with E-state index in [0.717, 1.165) is 17.5 Å². The van der Waals surface area contributed by atoms with Crippen molar-refractivity contribution >= 4 is 0 Å². The fraction of sp³-hybridized carbons (Fsp3) is 0.733. The molecule has 1 fully saturated rings. The highest BCUT2D eigenvalue weighted by Gasteiger charge is 2.31. The van der Waals surface area contributed by atoms with E-state index >= 15 is 0 Å². The maximum atomic E-state index is 5.07. The van der Waals surface area contributed by atoms with Crippen molar-refractivity contribution in [2.45, 2.75) is 39.2 Å². The van der Waals surface area contributed by atoms with Gasteiger partial charge in [-0.25, -0.2) is 0 Å². The molecule has 1 heterocycles. The van der Waals surface area contributed by atoms with Crippen LogP contribution in [0.3, 0.4) is 0 Å². The number of nitrogens with zero attached hydrogens (tertiary/aromatic N) is 2. The topological polar surface area (TPSA) is 47.0 Å². The molecular formula is C15H25N3O. The van der Waals surface area contributed by atoms with Crippen molar-refractivity contribution < 1.29 is 4.74 Å². The van der Waals surface area contributed by atoms with Gasteiger partial charge in [-0.2, -0.15) is 5.10 Å². The van der Waals surface area contributed by atoms with Crippen LogP contribution in [0.1, 0.15) is 44.8 Å². The zero-order valence-corrected chi connectivity index (χ0v) is 12.4. The van der Waals surface area contributed by atoms with E-state index < -0.39 is 0 Å². The molecule has 0 spiro atoms. The molecule has 0 saturated heterocycles. The summed E-state index contributed by atoms with van der Waals surface area (Å²) in [4.78, 5) is 0. The first-order valence-corrected chi connectivity index (χ1v) is 7.20. The molecule has 0 bridgehead atoms. The van der Waals surface area contributed by atoms with Crippen molar-refractivity contribution in [1.29, 1.82) is 0 Å². The van der Waals surface area contributed by atoms with Gasteiger partial charge in [0, 0.05) is 6.07 Å². The lowest BCUT2D eigenvalue weighted by molar-refractivity contribution is 0.172. The SMILES string of the molecule is CNC(c1ccc(OC)nn1)C1CCC(C)C(C)C1. The van der Waals surface area contributed by atoms with Crippen LogP contribution in [0.5, 0.6) is 5.88 Å². The van der Waals surface area contributed by atoms with Gasteiger partial charge in [0.1, 0.15) is 0 Å². The van der Waals surface area contributed by atoms with E-state index in [2.05, 4.69) is 29.4 Å². The van der Waals surface area contributed by atoms with Gasteiger partial charge in [0.25, 0.3) is 0 Å². The highest BCUT2D eigenvalue weighted by Crippen LogP contribution is 2.39. The predicted molar refractivity (Wildman–Crippen MR) is 76.1 cm³/mol. The fourth-order valence-corrected chi connectivity index (χ4v) is 3.12. The van der Waals surface area contributed by atoms with Gasteiger partial charge in [-0.05, 0) is 43.7 Å². The molecule has 4 atom stereocenters. The Morgan fingerprint density at radius 2 is 2.00 bits per heavy atom. The summed E-state index contributed by atoms with van der Waals surface area (Å²) in [6, 6.07) is 4.21. The van der Waals surface area contributed by atoms with Crippen LogP contribution in [-0.4, -0.2) is 24.4 Å². The Kier molecular flexibility index (Phi) is 4.75. The molecule has 1 N–H and O–H groups in total. The molecule has 0 aliphatic heterocycles. The van der Waals surface area contributed by atoms with Gasteiger partial charge in [0.05, 0.1) is 18.8 Å². The lowest BCUT2D eigenvalue weighted by Gasteiger charge is -2.36. The van der Waals surface area contributed by atoms with E-state index in [4.69, 9.17) is 4.74 Å². The number of hydrogen-bond donors (Lipinski definition) is 1. The van der Waals surface area contributed by atoms with E-state index in [-0.39, 0.29) is 0 Å². The summed E-state index contributed by atoms with van der Waals surface area (Å²) in [6.07, 6.45) is 3.85. The maximum absolute atomic E-state index is 5.07. The van der Waals surface area contributed by atoms with Crippen molar-refractivity contribution in [2.24, 2.45) is 17.8 Å². The van der Waals surface area contributed by atoms with Crippen LogP contribution in [0.2, 0.25) is 0 Å². The van der Waals surface area contributed by atoms with Gasteiger partial charge in [0.15, 0.2) is 0 Å². The van der Waals surface area contributed by atoms with Crippen molar-refractivity contribution in [2.75, 3.05) is 14.2 Å². The third-order valence-corrected chi connectivity index (χ3v) is 4.61. The van der Waals surface area contributed by atoms with Crippen molar-refractivity contribution in [3.8, 4) is 5.88 Å². The van der Waals surface area contributed by atoms with Crippen LogP contribution < -0.4 is 10.1 Å². The zero-order chi connectivity index (χ0) is 13.8. The van der Waals surface area contributed by atoms with Crippen LogP contribution in [-0.2, 0) is 0 Å². The van der Waals surface area contributed by atoms with Crippen molar-refractivity contribution in [1.82, 2.24) is 15.5 Å². The quantitative estimate of drug-likeness (QED) is 0.907. The van der Waals surface area contributed by atoms with Crippen LogP contribution in [0, 0.1) is 17.8 Å². The first kappa shape index (κ1) is 14.3. The number of methoxy groups -OCH3 is 1. The average Bonchev–Trinajstić information content (AvgIpc) is 2.44. The normalized spacial score (nSPS) is 28.9. The molecule has 0 aromatic carbocycles. The minimum absolute atomic E-state index is 0.299. The number of rotatable bonds is 4. The lowest BCUT2D eigenvalue weighted by atomic mass is 9.72. The van der Waals surface area contributed by atoms with Gasteiger partial charge in [-0.3, -0.25) is 0 Å². The van der Waals surface area contributed by atoms with E-state index in [1.807, 2.05) is 19.2 Å². The number of nitrogens with one attached hydrogen (secondary N) is 1. The van der Waals surface area contributed by atoms with E-state index in [0.29, 0.717) is 17.8 Å². The molecule has 0 radical (unpaired) electrons. The van der Waals surface area contributed by atoms with Gasteiger partial charge in [0.2, 0.25) is 5.88 Å². The Morgan fingerprint density at radius 3 is 2.53 bits per heavy atom. The summed E-state index contributed by atoms with van der Waals surface area (Å²) in [5, 5.41) is 11.8. The predicted octanol–water partition coefficient (Wildman–Crippen LogP) is 2.82. The Morgan fingerprint density at radius 1 is 1.21 bits per heavy atom. The Labute approximate surface area is 116 Å². The molecule has 1 aromatic heterocycles. The highest BCUT2D eigenvalue weighted by atomic mass is 16.5. The van der Waals surface area contributed by atoms with Crippen LogP contribution >= 0.6 is 0 Å². The molecule has 1 saturated carbocycles. The second-order valence-electron chi connectivity index (χ2n) is 5.79. The monoisotopic (exact) mass is 263 g/mol. The molecule has 1 aromatic rings. The summed E-state index contributed by atoms with van der Waals surface area (Å²) in [6.45, 7) is 4.73. The molecule has 2 rings (SSSR count). The lowest BCUT2D eigenvalue weighted by Crippen LogP contribution is -2.32. The zero-order valence-electron chi connectivity index (χ0n) is 12.4. The molecule has 4 heteroatoms. The highest BCUT2D eigenvalue weighted by molar-refractivity contribution is 5.15. The second kappa shape index (κ2) is 6.33. The number of aromatic nitrogens is 2. The summed E-state index contributed by atoms with van der Waals surface area (Å²) < 4.78 is 5.07. The van der Waals surface area contributed by atoms with Gasteiger partial charge in [-0.15, -0.1) is 5.10 Å². The van der Waals surface area contributed by atoms with Crippen LogP contribution in [0.4, 0.5) is 0 Å². The average molecular weight is 263 g/mol. The van der Waals surface area contributed by atoms with Crippen LogP contribution in [0.25, 0.3) is 0 Å². The first-order chi connectivity index (χ1) is 9.15. The molecular weight excluding hydrogens is 238 g/mol. The maximum Gasteiger partial charge on any atom is 0.233 e. The molecule has 19 heavy (non-hydrogen) atoms. The van der Waals surface area contributed by atoms with E-state index in [1.54, 1.807) is 7.11 Å². The van der Waals surface area contributed by atoms with Gasteiger partial charge < -0.3 is 10.1 Å². The Balaban J connectivity index is 2.10. The van der Waals surface area contributed by atoms with Gasteiger partial charge >= 0.3 is 0 Å². The number of hydrogen-bond acceptors (Lipinski definition) is 4. The molecule has 4 unspecified atom stereocenters. The molecule has 1 aliphatic carbocycles. The summed E-state index contributed by atoms with van der Waals surface area (Å²) >= 11 is 0.